The molecule has 0 fully saturated rings. The molecule has 0 radical (unpaired) electrons. The van der Waals surface area contributed by atoms with Crippen molar-refractivity contribution in [3.63, 3.8) is 0 Å². The summed E-state index contributed by atoms with van der Waals surface area (Å²) in [6.07, 6.45) is 0. The van der Waals surface area contributed by atoms with Gasteiger partial charge in [-0.1, -0.05) is 15.9 Å². The largest absolute Gasteiger partial charge is 0.422 e. The summed E-state index contributed by atoms with van der Waals surface area (Å²) in [6, 6.07) is 0. The highest BCUT2D eigenvalue weighted by molar-refractivity contribution is 9.12. The lowest BCUT2D eigenvalue weighted by molar-refractivity contribution is -0.132. The van der Waals surface area contributed by atoms with Gasteiger partial charge in [-0.3, -0.25) is 0 Å². The van der Waals surface area contributed by atoms with Crippen LogP contribution < -0.4 is 0 Å². The molecule has 54 valence electrons. The van der Waals surface area contributed by atoms with Crippen LogP contribution in [0.3, 0.4) is 0 Å². The first kappa shape index (κ1) is 8.01. The number of cyclic esters (lactones) is 1. The highest BCUT2D eigenvalue weighted by Crippen LogP contribution is 2.29. The van der Waals surface area contributed by atoms with Crippen molar-refractivity contribution in [3.8, 4) is 0 Å². The first-order valence-electron chi connectivity index (χ1n) is 2.56. The SMILES string of the molecule is CC1=C(Br)C(=O)O/C1=C\Br. The lowest BCUT2D eigenvalue weighted by Crippen LogP contribution is -1.92. The van der Waals surface area contributed by atoms with Crippen LogP contribution in [0.5, 0.6) is 0 Å². The van der Waals surface area contributed by atoms with E-state index in [2.05, 4.69) is 31.9 Å². The number of esters is 1. The molecule has 0 saturated heterocycles. The van der Waals surface area contributed by atoms with Crippen LogP contribution in [-0.2, 0) is 9.53 Å². The van der Waals surface area contributed by atoms with Crippen LogP contribution in [0.15, 0.2) is 20.8 Å². The third-order valence-corrected chi connectivity index (χ3v) is 2.51. The number of rotatable bonds is 0. The number of hydrogen-bond acceptors (Lipinski definition) is 2. The number of carbonyl (C=O) groups excluding carboxylic acids is 1. The Hall–Kier alpha value is -0.0900. The van der Waals surface area contributed by atoms with E-state index < -0.39 is 0 Å². The quantitative estimate of drug-likeness (QED) is 0.631. The van der Waals surface area contributed by atoms with E-state index >= 15 is 0 Å². The monoisotopic (exact) mass is 266 g/mol. The Morgan fingerprint density at radius 3 is 2.40 bits per heavy atom. The Balaban J connectivity index is 3.06. The Morgan fingerprint density at radius 2 is 2.20 bits per heavy atom. The molecule has 0 aromatic rings. The van der Waals surface area contributed by atoms with Gasteiger partial charge in [0.1, 0.15) is 10.2 Å². The summed E-state index contributed by atoms with van der Waals surface area (Å²) in [6.45, 7) is 1.81. The van der Waals surface area contributed by atoms with Crippen molar-refractivity contribution >= 4 is 37.8 Å². The first-order chi connectivity index (χ1) is 4.66. The molecule has 0 N–H and O–H groups in total. The van der Waals surface area contributed by atoms with Gasteiger partial charge in [-0.05, 0) is 22.9 Å². The maximum Gasteiger partial charge on any atom is 0.351 e. The van der Waals surface area contributed by atoms with Crippen molar-refractivity contribution in [2.45, 2.75) is 6.92 Å². The van der Waals surface area contributed by atoms with Crippen LogP contribution in [0.4, 0.5) is 0 Å². The van der Waals surface area contributed by atoms with Gasteiger partial charge in [-0.15, -0.1) is 0 Å². The maximum absolute atomic E-state index is 10.8. The minimum absolute atomic E-state index is 0.330. The standard InChI is InChI=1S/C6H4Br2O2/c1-3-4(2-7)10-6(9)5(3)8/h2H,1H3/b4-2-. The Labute approximate surface area is 75.2 Å². The molecule has 1 aliphatic rings. The van der Waals surface area contributed by atoms with Crippen LogP contribution in [0.2, 0.25) is 0 Å². The maximum atomic E-state index is 10.8. The van der Waals surface area contributed by atoms with Crippen LogP contribution >= 0.6 is 31.9 Å². The van der Waals surface area contributed by atoms with Crippen molar-refractivity contribution in [2.24, 2.45) is 0 Å². The number of carbonyl (C=O) groups is 1. The Morgan fingerprint density at radius 1 is 1.60 bits per heavy atom. The minimum atomic E-state index is -0.330. The second-order valence-electron chi connectivity index (χ2n) is 1.80. The zero-order valence-corrected chi connectivity index (χ0v) is 8.32. The third kappa shape index (κ3) is 1.18. The van der Waals surface area contributed by atoms with Gasteiger partial charge in [-0.25, -0.2) is 4.79 Å². The Bertz CT molecular complexity index is 240. The van der Waals surface area contributed by atoms with E-state index in [1.807, 2.05) is 6.92 Å². The number of ether oxygens (including phenoxy) is 1. The highest BCUT2D eigenvalue weighted by atomic mass is 79.9. The van der Waals surface area contributed by atoms with Gasteiger partial charge in [-0.2, -0.15) is 0 Å². The molecule has 0 bridgehead atoms. The van der Waals surface area contributed by atoms with Crippen molar-refractivity contribution in [1.82, 2.24) is 0 Å². The zero-order valence-electron chi connectivity index (χ0n) is 5.15. The average Bonchev–Trinajstić information content (AvgIpc) is 2.17. The van der Waals surface area contributed by atoms with Gasteiger partial charge < -0.3 is 4.74 Å². The lowest BCUT2D eigenvalue weighted by atomic mass is 10.3. The van der Waals surface area contributed by atoms with Crippen molar-refractivity contribution in [2.75, 3.05) is 0 Å². The molecule has 0 saturated carbocycles. The van der Waals surface area contributed by atoms with E-state index in [0.29, 0.717) is 10.2 Å². The summed E-state index contributed by atoms with van der Waals surface area (Å²) in [7, 11) is 0. The molecule has 0 aromatic heterocycles. The molecular formula is C6H4Br2O2. The minimum Gasteiger partial charge on any atom is -0.422 e. The van der Waals surface area contributed by atoms with E-state index in [0.717, 1.165) is 5.57 Å². The first-order valence-corrected chi connectivity index (χ1v) is 4.27. The molecule has 2 nitrogen and oxygen atoms in total. The molecule has 4 heteroatoms. The average molecular weight is 268 g/mol. The van der Waals surface area contributed by atoms with Crippen LogP contribution in [0.25, 0.3) is 0 Å². The summed E-state index contributed by atoms with van der Waals surface area (Å²) < 4.78 is 5.29. The van der Waals surface area contributed by atoms with Gasteiger partial charge in [0.15, 0.2) is 0 Å². The summed E-state index contributed by atoms with van der Waals surface area (Å²) in [4.78, 5) is 12.3. The molecule has 10 heavy (non-hydrogen) atoms. The van der Waals surface area contributed by atoms with E-state index in [9.17, 15) is 4.79 Å². The molecule has 1 rings (SSSR count). The van der Waals surface area contributed by atoms with Gasteiger partial charge in [0.25, 0.3) is 0 Å². The third-order valence-electron chi connectivity index (χ3n) is 1.18. The van der Waals surface area contributed by atoms with Gasteiger partial charge in [0.05, 0.1) is 0 Å². The predicted octanol–water partition coefficient (Wildman–Crippen LogP) is 2.45. The van der Waals surface area contributed by atoms with E-state index in [1.54, 1.807) is 4.99 Å². The topological polar surface area (TPSA) is 26.3 Å². The summed E-state index contributed by atoms with van der Waals surface area (Å²) >= 11 is 6.17. The molecule has 0 aromatic carbocycles. The molecule has 0 unspecified atom stereocenters. The molecule has 0 amide bonds. The predicted molar refractivity (Wildman–Crippen MR) is 44.7 cm³/mol. The van der Waals surface area contributed by atoms with E-state index in [-0.39, 0.29) is 5.97 Å². The summed E-state index contributed by atoms with van der Waals surface area (Å²) in [5, 5.41) is 0. The molecule has 1 heterocycles. The molecule has 0 atom stereocenters. The van der Waals surface area contributed by atoms with Crippen molar-refractivity contribution in [1.29, 1.82) is 0 Å². The molecule has 0 aliphatic carbocycles. The molecule has 0 spiro atoms. The number of hydrogen-bond donors (Lipinski definition) is 0. The molecular weight excluding hydrogens is 264 g/mol. The van der Waals surface area contributed by atoms with E-state index in [1.165, 1.54) is 0 Å². The fraction of sp³-hybridized carbons (Fsp3) is 0.167. The number of allylic oxidation sites excluding steroid dienone is 1. The normalized spacial score (nSPS) is 22.3. The molecule has 1 aliphatic heterocycles. The van der Waals surface area contributed by atoms with E-state index in [4.69, 9.17) is 4.74 Å². The van der Waals surface area contributed by atoms with Crippen molar-refractivity contribution < 1.29 is 9.53 Å². The number of halogens is 2. The van der Waals surface area contributed by atoms with Crippen LogP contribution in [0, 0.1) is 0 Å². The van der Waals surface area contributed by atoms with Crippen molar-refractivity contribution in [3.05, 3.63) is 20.8 Å². The highest BCUT2D eigenvalue weighted by Gasteiger charge is 2.23. The van der Waals surface area contributed by atoms with Crippen LogP contribution in [0.1, 0.15) is 6.92 Å². The zero-order chi connectivity index (χ0) is 7.72. The van der Waals surface area contributed by atoms with Gasteiger partial charge >= 0.3 is 5.97 Å². The summed E-state index contributed by atoms with van der Waals surface area (Å²) in [5.74, 6) is 0.236. The Kier molecular flexibility index (Phi) is 2.31. The second kappa shape index (κ2) is 2.88. The fourth-order valence-corrected chi connectivity index (χ4v) is 1.30. The van der Waals surface area contributed by atoms with Gasteiger partial charge in [0, 0.05) is 10.6 Å². The second-order valence-corrected chi connectivity index (χ2v) is 3.05. The fourth-order valence-electron chi connectivity index (χ4n) is 0.587. The van der Waals surface area contributed by atoms with Crippen LogP contribution in [-0.4, -0.2) is 5.97 Å². The van der Waals surface area contributed by atoms with Gasteiger partial charge in [0.2, 0.25) is 0 Å². The smallest absolute Gasteiger partial charge is 0.351 e. The lowest BCUT2D eigenvalue weighted by Gasteiger charge is -1.92. The summed E-state index contributed by atoms with van der Waals surface area (Å²) in [5.41, 5.74) is 0.821.